The molecule has 228 valence electrons. The number of carboxylic acids is 1. The zero-order valence-corrected chi connectivity index (χ0v) is 24.4. The van der Waals surface area contributed by atoms with Crippen LogP contribution in [0.25, 0.3) is 0 Å². The molecule has 0 heterocycles. The molecule has 0 aliphatic heterocycles. The first-order chi connectivity index (χ1) is 20.5. The van der Waals surface area contributed by atoms with E-state index < -0.39 is 55.2 Å². The third kappa shape index (κ3) is 11.4. The summed E-state index contributed by atoms with van der Waals surface area (Å²) in [7, 11) is -4.36. The SMILES string of the molecule is NC(=O)CCC(NC(=O)C(Cc1ccccc1)CP(=O)(O)[C@H](Cc1ccccc1)NC(=O)OCc1ccccc1)C(=O)O. The topological polar surface area (TPSA) is 185 Å². The fourth-order valence-corrected chi connectivity index (χ4v) is 6.43. The Kier molecular flexibility index (Phi) is 12.5. The highest BCUT2D eigenvalue weighted by Crippen LogP contribution is 2.48. The molecule has 0 fully saturated rings. The van der Waals surface area contributed by atoms with E-state index in [9.17, 15) is 33.7 Å². The van der Waals surface area contributed by atoms with Gasteiger partial charge in [-0.25, -0.2) is 9.59 Å². The standard InChI is InChI=1S/C31H36N3O8P/c32-27(35)17-16-26(30(37)38)33-29(36)25(18-22-10-4-1-5-11-22)21-43(40,41)28(19-23-12-6-2-7-13-23)34-31(39)42-20-24-14-8-3-9-15-24/h1-15,25-26,28H,16-21H2,(H2,32,35)(H,33,36)(H,34,39)(H,37,38)(H,40,41)/t25?,26?,28-/m1/s1. The van der Waals surface area contributed by atoms with E-state index in [-0.39, 0.29) is 32.3 Å². The number of carbonyl (C=O) groups is 4. The van der Waals surface area contributed by atoms with E-state index in [2.05, 4.69) is 10.6 Å². The second-order valence-corrected chi connectivity index (χ2v) is 12.6. The van der Waals surface area contributed by atoms with Crippen LogP contribution in [0, 0.1) is 5.92 Å². The van der Waals surface area contributed by atoms with Crippen LogP contribution in [0.1, 0.15) is 29.5 Å². The maximum absolute atomic E-state index is 14.0. The Morgan fingerprint density at radius 1 is 0.791 bits per heavy atom. The van der Waals surface area contributed by atoms with Gasteiger partial charge in [0.15, 0.2) is 0 Å². The van der Waals surface area contributed by atoms with Crippen molar-refractivity contribution < 1.29 is 38.5 Å². The molecule has 12 heteroatoms. The van der Waals surface area contributed by atoms with E-state index in [1.807, 2.05) is 6.07 Å². The van der Waals surface area contributed by atoms with Gasteiger partial charge in [0.2, 0.25) is 19.2 Å². The molecule has 43 heavy (non-hydrogen) atoms. The summed E-state index contributed by atoms with van der Waals surface area (Å²) in [6, 6.07) is 25.1. The molecule has 0 radical (unpaired) electrons. The molecule has 0 spiro atoms. The molecule has 11 nitrogen and oxygen atoms in total. The van der Waals surface area contributed by atoms with E-state index in [1.54, 1.807) is 84.9 Å². The molecule has 0 saturated heterocycles. The van der Waals surface area contributed by atoms with Crippen molar-refractivity contribution in [3.05, 3.63) is 108 Å². The lowest BCUT2D eigenvalue weighted by atomic mass is 9.99. The van der Waals surface area contributed by atoms with Crippen molar-refractivity contribution in [1.82, 2.24) is 10.6 Å². The van der Waals surface area contributed by atoms with Crippen molar-refractivity contribution in [2.24, 2.45) is 11.7 Å². The zero-order chi connectivity index (χ0) is 31.2. The predicted octanol–water partition coefficient (Wildman–Crippen LogP) is 3.45. The maximum Gasteiger partial charge on any atom is 0.408 e. The Bertz CT molecular complexity index is 1410. The molecule has 0 aliphatic rings. The van der Waals surface area contributed by atoms with Gasteiger partial charge in [0, 0.05) is 19.0 Å². The van der Waals surface area contributed by atoms with E-state index in [4.69, 9.17) is 10.5 Å². The van der Waals surface area contributed by atoms with Crippen molar-refractivity contribution in [2.45, 2.75) is 44.1 Å². The minimum Gasteiger partial charge on any atom is -0.480 e. The summed E-state index contributed by atoms with van der Waals surface area (Å²) >= 11 is 0. The van der Waals surface area contributed by atoms with E-state index in [0.29, 0.717) is 11.1 Å². The number of rotatable bonds is 16. The lowest BCUT2D eigenvalue weighted by Gasteiger charge is -2.28. The van der Waals surface area contributed by atoms with Gasteiger partial charge in [-0.2, -0.15) is 0 Å². The van der Waals surface area contributed by atoms with Crippen molar-refractivity contribution in [1.29, 1.82) is 0 Å². The number of ether oxygens (including phenoxy) is 1. The maximum atomic E-state index is 14.0. The highest BCUT2D eigenvalue weighted by molar-refractivity contribution is 7.58. The van der Waals surface area contributed by atoms with Crippen molar-refractivity contribution in [3.63, 3.8) is 0 Å². The zero-order valence-electron chi connectivity index (χ0n) is 23.5. The number of carbonyl (C=O) groups excluding carboxylic acids is 3. The van der Waals surface area contributed by atoms with E-state index in [1.165, 1.54) is 0 Å². The molecule has 0 bridgehead atoms. The molecule has 0 aliphatic carbocycles. The third-order valence-electron chi connectivity index (χ3n) is 6.73. The molecule has 3 aromatic carbocycles. The summed E-state index contributed by atoms with van der Waals surface area (Å²) in [5, 5.41) is 14.5. The molecular formula is C31H36N3O8P. The Morgan fingerprint density at radius 3 is 1.81 bits per heavy atom. The van der Waals surface area contributed by atoms with Crippen LogP contribution in [0.3, 0.4) is 0 Å². The lowest BCUT2D eigenvalue weighted by molar-refractivity contribution is -0.142. The second kappa shape index (κ2) is 16.2. The fraction of sp³-hybridized carbons (Fsp3) is 0.290. The molecule has 0 saturated carbocycles. The second-order valence-electron chi connectivity index (χ2n) is 10.1. The van der Waals surface area contributed by atoms with Gasteiger partial charge in [-0.15, -0.1) is 0 Å². The average Bonchev–Trinajstić information content (AvgIpc) is 2.98. The molecule has 0 aromatic heterocycles. The Balaban J connectivity index is 1.84. The van der Waals surface area contributed by atoms with Crippen LogP contribution in [0.2, 0.25) is 0 Å². The molecule has 3 rings (SSSR count). The van der Waals surface area contributed by atoms with E-state index in [0.717, 1.165) is 5.56 Å². The van der Waals surface area contributed by atoms with Crippen LogP contribution in [-0.4, -0.2) is 51.9 Å². The van der Waals surface area contributed by atoms with Crippen molar-refractivity contribution >= 4 is 31.2 Å². The van der Waals surface area contributed by atoms with Gasteiger partial charge < -0.3 is 31.1 Å². The largest absolute Gasteiger partial charge is 0.480 e. The first kappa shape index (κ1) is 33.0. The van der Waals surface area contributed by atoms with Gasteiger partial charge in [0.05, 0.1) is 5.92 Å². The Hall–Kier alpha value is -4.47. The molecule has 3 amide bonds. The van der Waals surface area contributed by atoms with E-state index >= 15 is 0 Å². The monoisotopic (exact) mass is 609 g/mol. The molecule has 4 atom stereocenters. The van der Waals surface area contributed by atoms with Crippen molar-refractivity contribution in [2.75, 3.05) is 6.16 Å². The van der Waals surface area contributed by atoms with Crippen LogP contribution in [0.5, 0.6) is 0 Å². The van der Waals surface area contributed by atoms with Crippen molar-refractivity contribution in [3.8, 4) is 0 Å². The minimum atomic E-state index is -4.36. The highest BCUT2D eigenvalue weighted by atomic mass is 31.2. The summed E-state index contributed by atoms with van der Waals surface area (Å²) in [6.07, 6.45) is -1.97. The number of benzene rings is 3. The van der Waals surface area contributed by atoms with Gasteiger partial charge in [-0.3, -0.25) is 14.2 Å². The van der Waals surface area contributed by atoms with Crippen LogP contribution in [0.4, 0.5) is 4.79 Å². The van der Waals surface area contributed by atoms with Gasteiger partial charge >= 0.3 is 12.1 Å². The van der Waals surface area contributed by atoms with Gasteiger partial charge in [0.25, 0.3) is 0 Å². The van der Waals surface area contributed by atoms with Crippen LogP contribution >= 0.6 is 7.37 Å². The number of primary amides is 1. The first-order valence-electron chi connectivity index (χ1n) is 13.7. The van der Waals surface area contributed by atoms with Gasteiger partial charge in [0.1, 0.15) is 18.4 Å². The summed E-state index contributed by atoms with van der Waals surface area (Å²) in [5.74, 6) is -5.33. The summed E-state index contributed by atoms with van der Waals surface area (Å²) in [5.41, 5.74) is 7.23. The quantitative estimate of drug-likeness (QED) is 0.153. The Morgan fingerprint density at radius 2 is 1.30 bits per heavy atom. The summed E-state index contributed by atoms with van der Waals surface area (Å²) in [6.45, 7) is -0.0542. The molecule has 6 N–H and O–H groups in total. The molecular weight excluding hydrogens is 573 g/mol. The van der Waals surface area contributed by atoms with Crippen LogP contribution in [-0.2, 0) is 43.1 Å². The number of hydrogen-bond donors (Lipinski definition) is 5. The number of nitrogens with one attached hydrogen (secondary N) is 2. The summed E-state index contributed by atoms with van der Waals surface area (Å²) in [4.78, 5) is 60.6. The van der Waals surface area contributed by atoms with Gasteiger partial charge in [-0.1, -0.05) is 91.0 Å². The third-order valence-corrected chi connectivity index (χ3v) is 8.98. The fourth-order valence-electron chi connectivity index (χ4n) is 4.45. The predicted molar refractivity (Wildman–Crippen MR) is 160 cm³/mol. The first-order valence-corrected chi connectivity index (χ1v) is 15.6. The summed E-state index contributed by atoms with van der Waals surface area (Å²) < 4.78 is 19.3. The number of nitrogens with two attached hydrogens (primary N) is 1. The highest BCUT2D eigenvalue weighted by Gasteiger charge is 2.38. The molecule has 3 unspecified atom stereocenters. The van der Waals surface area contributed by atoms with Crippen LogP contribution < -0.4 is 16.4 Å². The van der Waals surface area contributed by atoms with Gasteiger partial charge in [-0.05, 0) is 29.5 Å². The van der Waals surface area contributed by atoms with Crippen LogP contribution in [0.15, 0.2) is 91.0 Å². The minimum absolute atomic E-state index is 0.0227. The normalized spacial score (nSPS) is 14.3. The lowest BCUT2D eigenvalue weighted by Crippen LogP contribution is -2.46. The average molecular weight is 610 g/mol. The number of amides is 3. The Labute approximate surface area is 249 Å². The number of carboxylic acid groups (broad SMARTS) is 1. The number of hydrogen-bond acceptors (Lipinski definition) is 6. The number of alkyl carbamates (subject to hydrolysis) is 1. The smallest absolute Gasteiger partial charge is 0.408 e. The molecule has 3 aromatic rings. The number of aliphatic carboxylic acids is 1.